The van der Waals surface area contributed by atoms with Gasteiger partial charge in [0.1, 0.15) is 0 Å². The van der Waals surface area contributed by atoms with E-state index in [1.54, 1.807) is 18.2 Å². The lowest BCUT2D eigenvalue weighted by Gasteiger charge is -2.06. The van der Waals surface area contributed by atoms with Crippen LogP contribution in [0.1, 0.15) is 36.0 Å². The number of benzene rings is 1. The van der Waals surface area contributed by atoms with Gasteiger partial charge in [-0.05, 0) is 31.0 Å². The minimum atomic E-state index is -0.138. The van der Waals surface area contributed by atoms with E-state index in [9.17, 15) is 4.79 Å². The summed E-state index contributed by atoms with van der Waals surface area (Å²) in [5, 5.41) is 11.9. The Labute approximate surface area is 112 Å². The Balaban J connectivity index is 2.30. The molecule has 1 aromatic carbocycles. The Hall–Kier alpha value is -1.26. The van der Waals surface area contributed by atoms with Crippen LogP contribution >= 0.6 is 11.6 Å². The van der Waals surface area contributed by atoms with Crippen molar-refractivity contribution in [3.63, 3.8) is 0 Å². The number of halogens is 1. The number of hydrogen-bond acceptors (Lipinski definition) is 3. The summed E-state index contributed by atoms with van der Waals surface area (Å²) in [5.74, 6) is -0.138. The molecule has 0 fully saturated rings. The first kappa shape index (κ1) is 14.8. The zero-order valence-electron chi connectivity index (χ0n) is 10.3. The number of hydrogen-bond donors (Lipinski definition) is 3. The molecule has 0 saturated carbocycles. The molecular formula is C13H19ClN2O2. The van der Waals surface area contributed by atoms with Crippen LogP contribution in [-0.4, -0.2) is 24.2 Å². The molecule has 18 heavy (non-hydrogen) atoms. The largest absolute Gasteiger partial charge is 0.398 e. The second-order valence-corrected chi connectivity index (χ2v) is 4.54. The maximum absolute atomic E-state index is 11.7. The fourth-order valence-electron chi connectivity index (χ4n) is 1.58. The molecular weight excluding hydrogens is 252 g/mol. The van der Waals surface area contributed by atoms with Crippen molar-refractivity contribution in [2.75, 3.05) is 18.9 Å². The van der Waals surface area contributed by atoms with Crippen LogP contribution in [0.2, 0.25) is 5.02 Å². The zero-order valence-corrected chi connectivity index (χ0v) is 11.0. The number of unbranched alkanes of at least 4 members (excludes halogenated alkanes) is 3. The van der Waals surface area contributed by atoms with Crippen LogP contribution in [0.3, 0.4) is 0 Å². The van der Waals surface area contributed by atoms with Crippen molar-refractivity contribution in [2.24, 2.45) is 0 Å². The first-order valence-electron chi connectivity index (χ1n) is 6.09. The van der Waals surface area contributed by atoms with Crippen molar-refractivity contribution in [1.82, 2.24) is 5.32 Å². The predicted octanol–water partition coefficient (Wildman–Crippen LogP) is 2.20. The molecule has 0 spiro atoms. The van der Waals surface area contributed by atoms with Gasteiger partial charge in [0.05, 0.1) is 10.7 Å². The van der Waals surface area contributed by atoms with Gasteiger partial charge in [-0.1, -0.05) is 24.4 Å². The van der Waals surface area contributed by atoms with Gasteiger partial charge < -0.3 is 16.2 Å². The Bertz CT molecular complexity index is 397. The molecule has 4 nitrogen and oxygen atoms in total. The fraction of sp³-hybridized carbons (Fsp3) is 0.462. The highest BCUT2D eigenvalue weighted by Gasteiger charge is 2.06. The molecule has 100 valence electrons. The molecule has 4 N–H and O–H groups in total. The average molecular weight is 271 g/mol. The average Bonchev–Trinajstić information content (AvgIpc) is 2.36. The number of nitrogens with one attached hydrogen (secondary N) is 1. The number of rotatable bonds is 7. The van der Waals surface area contributed by atoms with E-state index in [0.29, 0.717) is 22.8 Å². The highest BCUT2D eigenvalue weighted by molar-refractivity contribution is 6.33. The van der Waals surface area contributed by atoms with Gasteiger partial charge in [-0.3, -0.25) is 4.79 Å². The monoisotopic (exact) mass is 270 g/mol. The van der Waals surface area contributed by atoms with Gasteiger partial charge in [0.25, 0.3) is 5.91 Å². The molecule has 0 heterocycles. The molecule has 0 aliphatic heterocycles. The molecule has 1 rings (SSSR count). The molecule has 0 unspecified atom stereocenters. The third-order valence-electron chi connectivity index (χ3n) is 2.63. The van der Waals surface area contributed by atoms with Crippen molar-refractivity contribution >= 4 is 23.2 Å². The Morgan fingerprint density at radius 2 is 2.00 bits per heavy atom. The maximum atomic E-state index is 11.7. The number of carbonyl (C=O) groups excluding carboxylic acids is 1. The summed E-state index contributed by atoms with van der Waals surface area (Å²) in [6, 6.07) is 4.84. The topological polar surface area (TPSA) is 75.4 Å². The van der Waals surface area contributed by atoms with Gasteiger partial charge in [-0.25, -0.2) is 0 Å². The highest BCUT2D eigenvalue weighted by atomic mass is 35.5. The number of anilines is 1. The van der Waals surface area contributed by atoms with Crippen LogP contribution in [-0.2, 0) is 0 Å². The summed E-state index contributed by atoms with van der Waals surface area (Å²) in [7, 11) is 0. The molecule has 1 amide bonds. The highest BCUT2D eigenvalue weighted by Crippen LogP contribution is 2.19. The standard InChI is InChI=1S/C13H19ClN2O2/c14-11-6-5-10(9-12(11)15)13(18)16-7-3-1-2-4-8-17/h5-6,9,17H,1-4,7-8,15H2,(H,16,18). The normalized spacial score (nSPS) is 10.3. The summed E-state index contributed by atoms with van der Waals surface area (Å²) in [5.41, 5.74) is 6.56. The maximum Gasteiger partial charge on any atom is 0.251 e. The van der Waals surface area contributed by atoms with Gasteiger partial charge in [0.2, 0.25) is 0 Å². The van der Waals surface area contributed by atoms with Crippen LogP contribution < -0.4 is 11.1 Å². The SMILES string of the molecule is Nc1cc(C(=O)NCCCCCCO)ccc1Cl. The van der Waals surface area contributed by atoms with Gasteiger partial charge in [0.15, 0.2) is 0 Å². The number of nitrogens with two attached hydrogens (primary N) is 1. The zero-order chi connectivity index (χ0) is 13.4. The molecule has 0 aromatic heterocycles. The van der Waals surface area contributed by atoms with Gasteiger partial charge in [-0.15, -0.1) is 0 Å². The van der Waals surface area contributed by atoms with Gasteiger partial charge >= 0.3 is 0 Å². The van der Waals surface area contributed by atoms with E-state index in [0.717, 1.165) is 25.7 Å². The smallest absolute Gasteiger partial charge is 0.251 e. The van der Waals surface area contributed by atoms with E-state index >= 15 is 0 Å². The van der Waals surface area contributed by atoms with Crippen molar-refractivity contribution in [1.29, 1.82) is 0 Å². The molecule has 1 aromatic rings. The number of amides is 1. The lowest BCUT2D eigenvalue weighted by Crippen LogP contribution is -2.24. The number of aliphatic hydroxyl groups excluding tert-OH is 1. The number of carbonyl (C=O) groups is 1. The summed E-state index contributed by atoms with van der Waals surface area (Å²) in [4.78, 5) is 11.7. The van der Waals surface area contributed by atoms with Crippen LogP contribution in [0, 0.1) is 0 Å². The van der Waals surface area contributed by atoms with Crippen LogP contribution in [0.15, 0.2) is 18.2 Å². The third kappa shape index (κ3) is 4.94. The van der Waals surface area contributed by atoms with E-state index in [4.69, 9.17) is 22.4 Å². The third-order valence-corrected chi connectivity index (χ3v) is 2.97. The summed E-state index contributed by atoms with van der Waals surface area (Å²) in [6.45, 7) is 0.864. The van der Waals surface area contributed by atoms with Gasteiger partial charge in [-0.2, -0.15) is 0 Å². The van der Waals surface area contributed by atoms with E-state index in [1.807, 2.05) is 0 Å². The summed E-state index contributed by atoms with van der Waals surface area (Å²) in [6.07, 6.45) is 3.72. The van der Waals surface area contributed by atoms with Crippen LogP contribution in [0.5, 0.6) is 0 Å². The van der Waals surface area contributed by atoms with E-state index in [1.165, 1.54) is 0 Å². The van der Waals surface area contributed by atoms with Crippen molar-refractivity contribution in [3.05, 3.63) is 28.8 Å². The molecule has 5 heteroatoms. The number of nitrogen functional groups attached to an aromatic ring is 1. The fourth-order valence-corrected chi connectivity index (χ4v) is 1.70. The molecule has 0 atom stereocenters. The predicted molar refractivity (Wildman–Crippen MR) is 73.8 cm³/mol. The Kier molecular flexibility index (Phi) is 6.54. The Morgan fingerprint density at radius 1 is 1.28 bits per heavy atom. The van der Waals surface area contributed by atoms with Crippen molar-refractivity contribution < 1.29 is 9.90 Å². The minimum Gasteiger partial charge on any atom is -0.398 e. The Morgan fingerprint density at radius 3 is 2.67 bits per heavy atom. The van der Waals surface area contributed by atoms with E-state index < -0.39 is 0 Å². The number of aliphatic hydroxyl groups is 1. The van der Waals surface area contributed by atoms with E-state index in [-0.39, 0.29) is 12.5 Å². The second-order valence-electron chi connectivity index (χ2n) is 4.13. The minimum absolute atomic E-state index is 0.138. The van der Waals surface area contributed by atoms with E-state index in [2.05, 4.69) is 5.32 Å². The molecule has 0 aliphatic rings. The quantitative estimate of drug-likeness (QED) is 0.525. The van der Waals surface area contributed by atoms with Crippen molar-refractivity contribution in [3.8, 4) is 0 Å². The molecule has 0 saturated heterocycles. The summed E-state index contributed by atoms with van der Waals surface area (Å²) >= 11 is 5.78. The summed E-state index contributed by atoms with van der Waals surface area (Å²) < 4.78 is 0. The van der Waals surface area contributed by atoms with Gasteiger partial charge in [0, 0.05) is 18.7 Å². The first-order valence-corrected chi connectivity index (χ1v) is 6.47. The van der Waals surface area contributed by atoms with Crippen molar-refractivity contribution in [2.45, 2.75) is 25.7 Å². The van der Waals surface area contributed by atoms with Crippen LogP contribution in [0.4, 0.5) is 5.69 Å². The lowest BCUT2D eigenvalue weighted by molar-refractivity contribution is 0.0953. The lowest BCUT2D eigenvalue weighted by atomic mass is 10.1. The molecule has 0 aliphatic carbocycles. The second kappa shape index (κ2) is 7.95. The van der Waals surface area contributed by atoms with Crippen LogP contribution in [0.25, 0.3) is 0 Å². The first-order chi connectivity index (χ1) is 8.65. The molecule has 0 bridgehead atoms. The molecule has 0 radical (unpaired) electrons.